The van der Waals surface area contributed by atoms with Crippen molar-refractivity contribution in [1.82, 2.24) is 0 Å². The Kier molecular flexibility index (Phi) is 4.47. The highest BCUT2D eigenvalue weighted by atomic mass is 16.6. The van der Waals surface area contributed by atoms with E-state index in [1.165, 1.54) is 25.3 Å². The van der Waals surface area contributed by atoms with E-state index in [0.29, 0.717) is 0 Å². The number of rotatable bonds is 5. The number of nitrogens with zero attached hydrogens (tertiary/aromatic N) is 1. The molecule has 0 heterocycles. The minimum Gasteiger partial charge on any atom is -0.490 e. The molecule has 0 saturated carbocycles. The van der Waals surface area contributed by atoms with Crippen molar-refractivity contribution in [2.24, 2.45) is 5.41 Å². The molecule has 0 radical (unpaired) electrons. The van der Waals surface area contributed by atoms with E-state index in [1.54, 1.807) is 20.8 Å². The molecule has 0 saturated heterocycles. The van der Waals surface area contributed by atoms with Crippen LogP contribution in [0.2, 0.25) is 0 Å². The number of hydrogen-bond donors (Lipinski definition) is 0. The average Bonchev–Trinajstić information content (AvgIpc) is 2.34. The number of carbonyl (C=O) groups excluding carboxylic acids is 1. The summed E-state index contributed by atoms with van der Waals surface area (Å²) < 4.78 is 10.2. The SMILES string of the molecule is COc1ccc(OCC(=O)C(C)(C)C)cc1[N+](=O)[O-]. The highest BCUT2D eigenvalue weighted by molar-refractivity contribution is 5.85. The minimum atomic E-state index is -0.558. The van der Waals surface area contributed by atoms with Gasteiger partial charge in [0.25, 0.3) is 0 Å². The zero-order valence-corrected chi connectivity index (χ0v) is 11.4. The molecule has 0 N–H and O–H groups in total. The molecule has 0 aromatic heterocycles. The van der Waals surface area contributed by atoms with Crippen LogP contribution in [0.4, 0.5) is 5.69 Å². The van der Waals surface area contributed by atoms with E-state index in [-0.39, 0.29) is 29.6 Å². The highest BCUT2D eigenvalue weighted by Gasteiger charge is 2.22. The van der Waals surface area contributed by atoms with Crippen LogP contribution >= 0.6 is 0 Å². The molecular formula is C13H17NO5. The Hall–Kier alpha value is -2.11. The van der Waals surface area contributed by atoms with Gasteiger partial charge in [-0.15, -0.1) is 0 Å². The number of nitro benzene ring substituents is 1. The molecule has 6 nitrogen and oxygen atoms in total. The van der Waals surface area contributed by atoms with E-state index in [0.717, 1.165) is 0 Å². The first-order valence-electron chi connectivity index (χ1n) is 5.74. The molecule has 0 spiro atoms. The van der Waals surface area contributed by atoms with Crippen molar-refractivity contribution in [1.29, 1.82) is 0 Å². The number of hydrogen-bond acceptors (Lipinski definition) is 5. The largest absolute Gasteiger partial charge is 0.490 e. The van der Waals surface area contributed by atoms with E-state index < -0.39 is 10.3 Å². The first-order valence-corrected chi connectivity index (χ1v) is 5.74. The minimum absolute atomic E-state index is 0.0778. The molecule has 1 rings (SSSR count). The summed E-state index contributed by atoms with van der Waals surface area (Å²) in [4.78, 5) is 22.0. The molecule has 0 aliphatic rings. The van der Waals surface area contributed by atoms with E-state index in [2.05, 4.69) is 0 Å². The van der Waals surface area contributed by atoms with Gasteiger partial charge < -0.3 is 9.47 Å². The van der Waals surface area contributed by atoms with Crippen molar-refractivity contribution in [2.75, 3.05) is 13.7 Å². The standard InChI is InChI=1S/C13H17NO5/c1-13(2,3)12(15)8-19-9-5-6-11(18-4)10(7-9)14(16)17/h5-7H,8H2,1-4H3. The van der Waals surface area contributed by atoms with Crippen molar-refractivity contribution >= 4 is 11.5 Å². The fourth-order valence-electron chi connectivity index (χ4n) is 1.27. The summed E-state index contributed by atoms with van der Waals surface area (Å²) in [6.07, 6.45) is 0. The molecule has 0 bridgehead atoms. The van der Waals surface area contributed by atoms with Gasteiger partial charge in [-0.3, -0.25) is 14.9 Å². The summed E-state index contributed by atoms with van der Waals surface area (Å²) in [5, 5.41) is 10.8. The van der Waals surface area contributed by atoms with Crippen molar-refractivity contribution in [3.05, 3.63) is 28.3 Å². The molecule has 0 atom stereocenters. The number of methoxy groups -OCH3 is 1. The molecule has 0 aliphatic carbocycles. The Morgan fingerprint density at radius 1 is 1.37 bits per heavy atom. The molecule has 1 aromatic carbocycles. The summed E-state index contributed by atoms with van der Waals surface area (Å²) in [5.74, 6) is 0.343. The van der Waals surface area contributed by atoms with E-state index in [4.69, 9.17) is 9.47 Å². The smallest absolute Gasteiger partial charge is 0.314 e. The number of nitro groups is 1. The molecule has 19 heavy (non-hydrogen) atoms. The fourth-order valence-corrected chi connectivity index (χ4v) is 1.27. The van der Waals surface area contributed by atoms with Gasteiger partial charge in [-0.05, 0) is 12.1 Å². The van der Waals surface area contributed by atoms with Gasteiger partial charge in [0.2, 0.25) is 0 Å². The Balaban J connectivity index is 2.84. The number of ketones is 1. The molecule has 0 amide bonds. The molecule has 0 unspecified atom stereocenters. The number of Topliss-reactive ketones (excluding diaryl/α,β-unsaturated/α-hetero) is 1. The number of ether oxygens (including phenoxy) is 2. The highest BCUT2D eigenvalue weighted by Crippen LogP contribution is 2.30. The second-order valence-electron chi connectivity index (χ2n) is 5.05. The van der Waals surface area contributed by atoms with Gasteiger partial charge in [0.15, 0.2) is 11.5 Å². The molecular weight excluding hydrogens is 250 g/mol. The van der Waals surface area contributed by atoms with Crippen molar-refractivity contribution in [2.45, 2.75) is 20.8 Å². The summed E-state index contributed by atoms with van der Waals surface area (Å²) in [6.45, 7) is 5.24. The van der Waals surface area contributed by atoms with Gasteiger partial charge in [-0.2, -0.15) is 0 Å². The average molecular weight is 267 g/mol. The Bertz CT molecular complexity index is 490. The third kappa shape index (κ3) is 3.94. The Morgan fingerprint density at radius 2 is 2.00 bits per heavy atom. The third-order valence-electron chi connectivity index (χ3n) is 2.55. The second kappa shape index (κ2) is 5.69. The van der Waals surface area contributed by atoms with Crippen LogP contribution in [0.15, 0.2) is 18.2 Å². The van der Waals surface area contributed by atoms with Gasteiger partial charge in [-0.1, -0.05) is 20.8 Å². The maximum Gasteiger partial charge on any atom is 0.314 e. The second-order valence-corrected chi connectivity index (χ2v) is 5.05. The van der Waals surface area contributed by atoms with Crippen LogP contribution in [0.3, 0.4) is 0 Å². The lowest BCUT2D eigenvalue weighted by molar-refractivity contribution is -0.385. The topological polar surface area (TPSA) is 78.7 Å². The lowest BCUT2D eigenvalue weighted by atomic mass is 9.91. The number of benzene rings is 1. The normalized spacial score (nSPS) is 10.9. The summed E-state index contributed by atoms with van der Waals surface area (Å²) in [6, 6.07) is 4.21. The van der Waals surface area contributed by atoms with Crippen molar-refractivity contribution in [3.63, 3.8) is 0 Å². The Labute approximate surface area is 111 Å². The zero-order chi connectivity index (χ0) is 14.6. The lowest BCUT2D eigenvalue weighted by Gasteiger charge is -2.16. The fraction of sp³-hybridized carbons (Fsp3) is 0.462. The molecule has 104 valence electrons. The van der Waals surface area contributed by atoms with Crippen molar-refractivity contribution in [3.8, 4) is 11.5 Å². The maximum absolute atomic E-state index is 11.7. The summed E-state index contributed by atoms with van der Waals surface area (Å²) in [7, 11) is 1.35. The monoisotopic (exact) mass is 267 g/mol. The van der Waals surface area contributed by atoms with Gasteiger partial charge in [0.05, 0.1) is 18.1 Å². The van der Waals surface area contributed by atoms with Crippen LogP contribution in [0, 0.1) is 15.5 Å². The predicted octanol–water partition coefficient (Wildman–Crippen LogP) is 2.60. The van der Waals surface area contributed by atoms with Crippen LogP contribution in [0.25, 0.3) is 0 Å². The number of carbonyl (C=O) groups is 1. The Morgan fingerprint density at radius 3 is 2.47 bits per heavy atom. The quantitative estimate of drug-likeness (QED) is 0.605. The maximum atomic E-state index is 11.7. The third-order valence-corrected chi connectivity index (χ3v) is 2.55. The van der Waals surface area contributed by atoms with Crippen LogP contribution in [-0.2, 0) is 4.79 Å². The van der Waals surface area contributed by atoms with Crippen LogP contribution in [0.1, 0.15) is 20.8 Å². The molecule has 0 fully saturated rings. The molecule has 1 aromatic rings. The van der Waals surface area contributed by atoms with Crippen LogP contribution < -0.4 is 9.47 Å². The van der Waals surface area contributed by atoms with Crippen LogP contribution in [-0.4, -0.2) is 24.4 Å². The molecule has 0 aliphatic heterocycles. The first-order chi connectivity index (χ1) is 8.75. The zero-order valence-electron chi connectivity index (χ0n) is 11.4. The van der Waals surface area contributed by atoms with E-state index >= 15 is 0 Å². The van der Waals surface area contributed by atoms with Gasteiger partial charge in [-0.25, -0.2) is 0 Å². The lowest BCUT2D eigenvalue weighted by Crippen LogP contribution is -2.26. The summed E-state index contributed by atoms with van der Waals surface area (Å²) in [5.41, 5.74) is -0.693. The predicted molar refractivity (Wildman–Crippen MR) is 69.6 cm³/mol. The van der Waals surface area contributed by atoms with Gasteiger partial charge in [0, 0.05) is 5.41 Å². The van der Waals surface area contributed by atoms with Crippen molar-refractivity contribution < 1.29 is 19.2 Å². The van der Waals surface area contributed by atoms with Crippen LogP contribution in [0.5, 0.6) is 11.5 Å². The van der Waals surface area contributed by atoms with Gasteiger partial charge >= 0.3 is 5.69 Å². The first kappa shape index (κ1) is 14.9. The van der Waals surface area contributed by atoms with E-state index in [1.807, 2.05) is 0 Å². The van der Waals surface area contributed by atoms with E-state index in [9.17, 15) is 14.9 Å². The summed E-state index contributed by atoms with van der Waals surface area (Å²) >= 11 is 0. The molecule has 6 heteroatoms. The van der Waals surface area contributed by atoms with Gasteiger partial charge in [0.1, 0.15) is 12.4 Å².